The topological polar surface area (TPSA) is 56.1 Å². The average Bonchev–Trinajstić information content (AvgIpc) is 2.30. The molecule has 0 bridgehead atoms. The first kappa shape index (κ1) is 16.2. The zero-order valence-corrected chi connectivity index (χ0v) is 13.7. The van der Waals surface area contributed by atoms with Crippen LogP contribution in [0.5, 0.6) is 0 Å². The van der Waals surface area contributed by atoms with E-state index in [2.05, 4.69) is 26.3 Å². The second kappa shape index (κ2) is 6.52. The minimum absolute atomic E-state index is 0.0396. The largest absolute Gasteiger partial charge is 0.380 e. The Morgan fingerprint density at radius 1 is 1.53 bits per heavy atom. The lowest BCUT2D eigenvalue weighted by molar-refractivity contribution is 0.000679. The lowest BCUT2D eigenvalue weighted by Gasteiger charge is -2.25. The van der Waals surface area contributed by atoms with Gasteiger partial charge in [0.2, 0.25) is 0 Å². The van der Waals surface area contributed by atoms with Crippen LogP contribution in [0.2, 0.25) is 0 Å². The van der Waals surface area contributed by atoms with Crippen molar-refractivity contribution in [2.75, 3.05) is 18.5 Å². The smallest absolute Gasteiger partial charge is 0.283 e. The molecule has 0 amide bonds. The van der Waals surface area contributed by atoms with Gasteiger partial charge in [-0.25, -0.2) is 4.68 Å². The minimum Gasteiger partial charge on any atom is -0.380 e. The number of aromatic nitrogens is 2. The van der Waals surface area contributed by atoms with Gasteiger partial charge in [-0.15, -0.1) is 0 Å². The van der Waals surface area contributed by atoms with E-state index in [1.165, 1.54) is 4.68 Å². The van der Waals surface area contributed by atoms with Crippen molar-refractivity contribution in [3.05, 3.63) is 21.0 Å². The third-order valence-electron chi connectivity index (χ3n) is 2.67. The second-order valence-electron chi connectivity index (χ2n) is 5.26. The van der Waals surface area contributed by atoms with E-state index in [4.69, 9.17) is 4.74 Å². The zero-order chi connectivity index (χ0) is 14.6. The molecule has 0 aromatic carbocycles. The minimum atomic E-state index is -0.291. The Balaban J connectivity index is 2.87. The maximum absolute atomic E-state index is 12.1. The fraction of sp³-hybridized carbons (Fsp3) is 0.692. The number of hydrogen-bond donors (Lipinski definition) is 1. The van der Waals surface area contributed by atoms with Gasteiger partial charge >= 0.3 is 0 Å². The summed E-state index contributed by atoms with van der Waals surface area (Å²) in [6.07, 6.45) is 1.66. The summed E-state index contributed by atoms with van der Waals surface area (Å²) in [6.45, 7) is 11.1. The van der Waals surface area contributed by atoms with Crippen LogP contribution in [0.15, 0.2) is 15.5 Å². The van der Waals surface area contributed by atoms with E-state index in [1.807, 2.05) is 34.6 Å². The number of halogens is 1. The summed E-state index contributed by atoms with van der Waals surface area (Å²) in [5, 5.41) is 7.35. The molecule has 6 heteroatoms. The van der Waals surface area contributed by atoms with Gasteiger partial charge in [0.25, 0.3) is 5.56 Å². The fourth-order valence-electron chi connectivity index (χ4n) is 1.69. The molecule has 0 aliphatic rings. The lowest BCUT2D eigenvalue weighted by atomic mass is 10.1. The third-order valence-corrected chi connectivity index (χ3v) is 3.44. The van der Waals surface area contributed by atoms with Gasteiger partial charge in [-0.2, -0.15) is 5.10 Å². The Hall–Kier alpha value is -0.880. The molecule has 1 aromatic heterocycles. The van der Waals surface area contributed by atoms with Crippen LogP contribution in [-0.4, -0.2) is 28.5 Å². The highest BCUT2D eigenvalue weighted by Gasteiger charge is 2.18. The summed E-state index contributed by atoms with van der Waals surface area (Å²) in [7, 11) is 0. The Kier molecular flexibility index (Phi) is 5.55. The number of ether oxygens (including phenoxy) is 1. The molecule has 0 aliphatic carbocycles. The molecular formula is C13H22BrN3O2. The van der Waals surface area contributed by atoms with Crippen molar-refractivity contribution in [2.45, 2.75) is 46.3 Å². The predicted molar refractivity (Wildman–Crippen MR) is 80.8 cm³/mol. The molecule has 1 aromatic rings. The number of nitrogens with zero attached hydrogens (tertiary/aromatic N) is 2. The van der Waals surface area contributed by atoms with Gasteiger partial charge in [-0.1, -0.05) is 0 Å². The molecule has 0 aliphatic heterocycles. The summed E-state index contributed by atoms with van der Waals surface area (Å²) in [6, 6.07) is 0.0396. The molecule has 1 rings (SSSR count). The van der Waals surface area contributed by atoms with E-state index < -0.39 is 0 Å². The summed E-state index contributed by atoms with van der Waals surface area (Å²) in [5.41, 5.74) is 0.269. The van der Waals surface area contributed by atoms with Crippen LogP contribution in [-0.2, 0) is 4.74 Å². The van der Waals surface area contributed by atoms with Crippen molar-refractivity contribution in [2.24, 2.45) is 0 Å². The lowest BCUT2D eigenvalue weighted by Crippen LogP contribution is -2.34. The van der Waals surface area contributed by atoms with Gasteiger partial charge < -0.3 is 10.1 Å². The normalized spacial score (nSPS) is 11.9. The molecule has 5 nitrogen and oxygen atoms in total. The van der Waals surface area contributed by atoms with Crippen LogP contribution < -0.4 is 10.9 Å². The molecule has 0 radical (unpaired) electrons. The average molecular weight is 332 g/mol. The van der Waals surface area contributed by atoms with Crippen LogP contribution in [0.25, 0.3) is 0 Å². The SMILES string of the molecule is CCOC(C)(C)CNc1cnn(C(C)C)c(=O)c1Br. The maximum atomic E-state index is 12.1. The van der Waals surface area contributed by atoms with Crippen molar-refractivity contribution in [1.82, 2.24) is 9.78 Å². The van der Waals surface area contributed by atoms with E-state index in [-0.39, 0.29) is 17.2 Å². The highest BCUT2D eigenvalue weighted by Crippen LogP contribution is 2.19. The van der Waals surface area contributed by atoms with Crippen molar-refractivity contribution >= 4 is 21.6 Å². The van der Waals surface area contributed by atoms with Gasteiger partial charge in [0, 0.05) is 13.2 Å². The van der Waals surface area contributed by atoms with Gasteiger partial charge in [0.15, 0.2) is 0 Å². The fourth-order valence-corrected chi connectivity index (χ4v) is 2.11. The molecule has 0 atom stereocenters. The van der Waals surface area contributed by atoms with Gasteiger partial charge in [0.05, 0.1) is 23.5 Å². The summed E-state index contributed by atoms with van der Waals surface area (Å²) < 4.78 is 7.55. The Morgan fingerprint density at radius 2 is 2.16 bits per heavy atom. The molecule has 0 saturated heterocycles. The number of rotatable bonds is 6. The molecule has 19 heavy (non-hydrogen) atoms. The van der Waals surface area contributed by atoms with Crippen molar-refractivity contribution < 1.29 is 4.74 Å². The van der Waals surface area contributed by atoms with Crippen molar-refractivity contribution in [1.29, 1.82) is 0 Å². The zero-order valence-electron chi connectivity index (χ0n) is 12.2. The maximum Gasteiger partial charge on any atom is 0.283 e. The van der Waals surface area contributed by atoms with Gasteiger partial charge in [0.1, 0.15) is 4.47 Å². The highest BCUT2D eigenvalue weighted by atomic mass is 79.9. The molecule has 108 valence electrons. The summed E-state index contributed by atoms with van der Waals surface area (Å²) >= 11 is 3.33. The molecule has 1 N–H and O–H groups in total. The van der Waals surface area contributed by atoms with E-state index in [9.17, 15) is 4.79 Å². The first-order chi connectivity index (χ1) is 8.78. The van der Waals surface area contributed by atoms with E-state index in [0.29, 0.717) is 23.3 Å². The summed E-state index contributed by atoms with van der Waals surface area (Å²) in [4.78, 5) is 12.1. The molecule has 1 heterocycles. The monoisotopic (exact) mass is 331 g/mol. The molecule has 0 spiro atoms. The molecule has 0 saturated carbocycles. The first-order valence-corrected chi connectivity index (χ1v) is 7.23. The summed E-state index contributed by atoms with van der Waals surface area (Å²) in [5.74, 6) is 0. The van der Waals surface area contributed by atoms with Crippen LogP contribution in [0.3, 0.4) is 0 Å². The van der Waals surface area contributed by atoms with Crippen LogP contribution in [0.1, 0.15) is 40.7 Å². The van der Waals surface area contributed by atoms with E-state index in [0.717, 1.165) is 0 Å². The predicted octanol–water partition coefficient (Wildman–Crippen LogP) is 2.81. The number of hydrogen-bond acceptors (Lipinski definition) is 4. The van der Waals surface area contributed by atoms with E-state index >= 15 is 0 Å². The van der Waals surface area contributed by atoms with E-state index in [1.54, 1.807) is 6.20 Å². The van der Waals surface area contributed by atoms with Gasteiger partial charge in [-0.3, -0.25) is 4.79 Å². The van der Waals surface area contributed by atoms with Crippen LogP contribution in [0.4, 0.5) is 5.69 Å². The first-order valence-electron chi connectivity index (χ1n) is 6.43. The second-order valence-corrected chi connectivity index (χ2v) is 6.05. The Morgan fingerprint density at radius 3 is 2.68 bits per heavy atom. The van der Waals surface area contributed by atoms with Crippen LogP contribution in [0, 0.1) is 0 Å². The highest BCUT2D eigenvalue weighted by molar-refractivity contribution is 9.10. The molecule has 0 fully saturated rings. The molecule has 0 unspecified atom stereocenters. The van der Waals surface area contributed by atoms with Crippen molar-refractivity contribution in [3.8, 4) is 0 Å². The number of anilines is 1. The van der Waals surface area contributed by atoms with Gasteiger partial charge in [-0.05, 0) is 50.5 Å². The van der Waals surface area contributed by atoms with Crippen LogP contribution >= 0.6 is 15.9 Å². The molecular weight excluding hydrogens is 310 g/mol. The standard InChI is InChI=1S/C13H22BrN3O2/c1-6-19-13(4,5)8-15-10-7-16-17(9(2)3)12(18)11(10)14/h7,9,15H,6,8H2,1-5H3. The Bertz CT molecular complexity index is 483. The quantitative estimate of drug-likeness (QED) is 0.870. The number of nitrogens with one attached hydrogen (secondary N) is 1. The third kappa shape index (κ3) is 4.31. The Labute approximate surface area is 122 Å². The van der Waals surface area contributed by atoms with Crippen molar-refractivity contribution in [3.63, 3.8) is 0 Å².